The largest absolute Gasteiger partial charge is 0.388 e. The summed E-state index contributed by atoms with van der Waals surface area (Å²) in [5, 5.41) is 19.2. The Morgan fingerprint density at radius 3 is 2.07 bits per heavy atom. The minimum Gasteiger partial charge on any atom is -0.388 e. The summed E-state index contributed by atoms with van der Waals surface area (Å²) in [6.45, 7) is 10.5. The Bertz CT molecular complexity index is 209. The Kier molecular flexibility index (Phi) is 3.80. The molecule has 0 saturated carbocycles. The van der Waals surface area contributed by atoms with Gasteiger partial charge in [-0.2, -0.15) is 0 Å². The SMILES string of the molecule is CC1C(CC(C)(C)C)OC(O)C(O)C1C. The number of rotatable bonds is 1. The van der Waals surface area contributed by atoms with Crippen molar-refractivity contribution in [3.8, 4) is 0 Å². The van der Waals surface area contributed by atoms with Crippen molar-refractivity contribution in [1.82, 2.24) is 0 Å². The maximum absolute atomic E-state index is 9.66. The maximum Gasteiger partial charge on any atom is 0.181 e. The fourth-order valence-electron chi connectivity index (χ4n) is 2.13. The van der Waals surface area contributed by atoms with Gasteiger partial charge in [0.2, 0.25) is 0 Å². The molecule has 3 heteroatoms. The van der Waals surface area contributed by atoms with Crippen LogP contribution in [0.5, 0.6) is 0 Å². The first-order valence-corrected chi connectivity index (χ1v) is 5.74. The predicted octanol–water partition coefficient (Wildman–Crippen LogP) is 1.77. The highest BCUT2D eigenvalue weighted by Crippen LogP contribution is 2.35. The van der Waals surface area contributed by atoms with E-state index in [0.29, 0.717) is 0 Å². The topological polar surface area (TPSA) is 49.7 Å². The van der Waals surface area contributed by atoms with E-state index in [2.05, 4.69) is 27.7 Å². The molecular formula is C12H24O3. The number of hydrogen-bond donors (Lipinski definition) is 2. The summed E-state index contributed by atoms with van der Waals surface area (Å²) in [5.41, 5.74) is 0.181. The summed E-state index contributed by atoms with van der Waals surface area (Å²) in [6.07, 6.45) is -0.833. The quantitative estimate of drug-likeness (QED) is 0.702. The molecule has 1 saturated heterocycles. The lowest BCUT2D eigenvalue weighted by Gasteiger charge is -2.42. The highest BCUT2D eigenvalue weighted by atomic mass is 16.6. The molecule has 5 atom stereocenters. The molecule has 90 valence electrons. The van der Waals surface area contributed by atoms with Crippen LogP contribution in [0, 0.1) is 17.3 Å². The van der Waals surface area contributed by atoms with E-state index in [9.17, 15) is 10.2 Å². The van der Waals surface area contributed by atoms with Gasteiger partial charge in [-0.1, -0.05) is 34.6 Å². The molecule has 15 heavy (non-hydrogen) atoms. The minimum absolute atomic E-state index is 0.0402. The van der Waals surface area contributed by atoms with Gasteiger partial charge in [0.05, 0.1) is 6.10 Å². The van der Waals surface area contributed by atoms with E-state index in [1.807, 2.05) is 6.92 Å². The number of aliphatic hydroxyl groups is 2. The van der Waals surface area contributed by atoms with E-state index in [-0.39, 0.29) is 23.4 Å². The van der Waals surface area contributed by atoms with Gasteiger partial charge in [-0.25, -0.2) is 0 Å². The van der Waals surface area contributed by atoms with Crippen LogP contribution in [0.4, 0.5) is 0 Å². The molecule has 0 spiro atoms. The van der Waals surface area contributed by atoms with Crippen LogP contribution < -0.4 is 0 Å². The highest BCUT2D eigenvalue weighted by Gasteiger charge is 2.40. The molecule has 1 aliphatic heterocycles. The van der Waals surface area contributed by atoms with Crippen molar-refractivity contribution in [2.24, 2.45) is 17.3 Å². The van der Waals surface area contributed by atoms with Gasteiger partial charge >= 0.3 is 0 Å². The average molecular weight is 216 g/mol. The van der Waals surface area contributed by atoms with Crippen molar-refractivity contribution in [3.63, 3.8) is 0 Å². The summed E-state index contributed by atoms with van der Waals surface area (Å²) in [7, 11) is 0. The van der Waals surface area contributed by atoms with Crippen LogP contribution >= 0.6 is 0 Å². The second kappa shape index (κ2) is 4.40. The van der Waals surface area contributed by atoms with E-state index in [0.717, 1.165) is 6.42 Å². The zero-order valence-corrected chi connectivity index (χ0v) is 10.4. The molecular weight excluding hydrogens is 192 g/mol. The third kappa shape index (κ3) is 3.16. The molecule has 0 bridgehead atoms. The molecule has 0 aliphatic carbocycles. The molecule has 0 aromatic rings. The molecule has 5 unspecified atom stereocenters. The number of ether oxygens (including phenoxy) is 1. The monoisotopic (exact) mass is 216 g/mol. The van der Waals surface area contributed by atoms with Crippen LogP contribution in [-0.2, 0) is 4.74 Å². The normalized spacial score (nSPS) is 43.0. The fourth-order valence-corrected chi connectivity index (χ4v) is 2.13. The minimum atomic E-state index is -1.02. The van der Waals surface area contributed by atoms with Gasteiger partial charge in [0.1, 0.15) is 6.10 Å². The van der Waals surface area contributed by atoms with E-state index < -0.39 is 12.4 Å². The summed E-state index contributed by atoms with van der Waals surface area (Å²) in [6, 6.07) is 0. The Morgan fingerprint density at radius 1 is 1.07 bits per heavy atom. The first-order valence-electron chi connectivity index (χ1n) is 5.74. The predicted molar refractivity (Wildman–Crippen MR) is 59.3 cm³/mol. The molecule has 0 amide bonds. The Balaban J connectivity index is 2.67. The van der Waals surface area contributed by atoms with Gasteiger partial charge < -0.3 is 14.9 Å². The Morgan fingerprint density at radius 2 is 1.60 bits per heavy atom. The van der Waals surface area contributed by atoms with Crippen molar-refractivity contribution in [2.45, 2.75) is 59.5 Å². The smallest absolute Gasteiger partial charge is 0.181 e. The lowest BCUT2D eigenvalue weighted by molar-refractivity contribution is -0.254. The zero-order valence-electron chi connectivity index (χ0n) is 10.4. The first-order chi connectivity index (χ1) is 6.72. The van der Waals surface area contributed by atoms with E-state index >= 15 is 0 Å². The van der Waals surface area contributed by atoms with Gasteiger partial charge in [0.25, 0.3) is 0 Å². The third-order valence-corrected chi connectivity index (χ3v) is 3.37. The molecule has 0 aromatic carbocycles. The second-order valence-corrected chi connectivity index (χ2v) is 6.04. The summed E-state index contributed by atoms with van der Waals surface area (Å²) >= 11 is 0. The van der Waals surface area contributed by atoms with E-state index in [4.69, 9.17) is 4.74 Å². The molecule has 2 N–H and O–H groups in total. The third-order valence-electron chi connectivity index (χ3n) is 3.37. The summed E-state index contributed by atoms with van der Waals surface area (Å²) in [4.78, 5) is 0. The highest BCUT2D eigenvalue weighted by molar-refractivity contribution is 4.86. The Hall–Kier alpha value is -0.120. The maximum atomic E-state index is 9.66. The zero-order chi connectivity index (χ0) is 11.8. The number of hydrogen-bond acceptors (Lipinski definition) is 3. The standard InChI is InChI=1S/C12H24O3/c1-7-8(2)10(13)11(14)15-9(7)6-12(3,4)5/h7-11,13-14H,6H2,1-5H3. The molecule has 0 aromatic heterocycles. The van der Waals surface area contributed by atoms with Gasteiger partial charge in [0.15, 0.2) is 6.29 Å². The lowest BCUT2D eigenvalue weighted by atomic mass is 9.77. The van der Waals surface area contributed by atoms with Crippen molar-refractivity contribution < 1.29 is 14.9 Å². The average Bonchev–Trinajstić information content (AvgIpc) is 2.08. The van der Waals surface area contributed by atoms with Crippen LogP contribution in [0.25, 0.3) is 0 Å². The molecule has 1 rings (SSSR count). The molecule has 1 heterocycles. The molecule has 0 radical (unpaired) electrons. The van der Waals surface area contributed by atoms with Gasteiger partial charge in [-0.15, -0.1) is 0 Å². The molecule has 1 aliphatic rings. The van der Waals surface area contributed by atoms with Crippen molar-refractivity contribution in [3.05, 3.63) is 0 Å². The molecule has 3 nitrogen and oxygen atoms in total. The van der Waals surface area contributed by atoms with Crippen LogP contribution in [0.1, 0.15) is 41.0 Å². The van der Waals surface area contributed by atoms with Crippen molar-refractivity contribution in [1.29, 1.82) is 0 Å². The number of aliphatic hydroxyl groups excluding tert-OH is 2. The van der Waals surface area contributed by atoms with Gasteiger partial charge in [-0.3, -0.25) is 0 Å². The van der Waals surface area contributed by atoms with E-state index in [1.165, 1.54) is 0 Å². The Labute approximate surface area is 92.4 Å². The van der Waals surface area contributed by atoms with Crippen LogP contribution in [0.2, 0.25) is 0 Å². The van der Waals surface area contributed by atoms with Crippen LogP contribution in [0.3, 0.4) is 0 Å². The second-order valence-electron chi connectivity index (χ2n) is 6.04. The van der Waals surface area contributed by atoms with Crippen LogP contribution in [-0.4, -0.2) is 28.7 Å². The van der Waals surface area contributed by atoms with Crippen molar-refractivity contribution >= 4 is 0 Å². The summed E-state index contributed by atoms with van der Waals surface area (Å²) < 4.78 is 5.46. The van der Waals surface area contributed by atoms with Crippen LogP contribution in [0.15, 0.2) is 0 Å². The summed E-state index contributed by atoms with van der Waals surface area (Å²) in [5.74, 6) is 0.365. The lowest BCUT2D eigenvalue weighted by Crippen LogP contribution is -2.49. The van der Waals surface area contributed by atoms with E-state index in [1.54, 1.807) is 0 Å². The first kappa shape index (κ1) is 12.9. The van der Waals surface area contributed by atoms with Crippen molar-refractivity contribution in [2.75, 3.05) is 0 Å². The fraction of sp³-hybridized carbons (Fsp3) is 1.00. The van der Waals surface area contributed by atoms with Gasteiger partial charge in [0, 0.05) is 0 Å². The molecule has 1 fully saturated rings. The van der Waals surface area contributed by atoms with Gasteiger partial charge in [-0.05, 0) is 23.7 Å².